The standard InChI is InChI=1S/C19H16N2O5S/c1-6-22-14-5-3-13(9-17(14)23-7-1)27-10-18-20-19(21-26-18)12-2-4-15-16(8-12)25-11-24-15/h2-5,8-9H,1,6-7,10-11H2. The normalized spacial score (nSPS) is 14.8. The first-order valence-corrected chi connectivity index (χ1v) is 9.59. The number of aromatic nitrogens is 2. The molecule has 138 valence electrons. The second-order valence-corrected chi connectivity index (χ2v) is 7.08. The summed E-state index contributed by atoms with van der Waals surface area (Å²) in [5.41, 5.74) is 0.829. The van der Waals surface area contributed by atoms with Crippen molar-refractivity contribution in [2.24, 2.45) is 0 Å². The Morgan fingerprint density at radius 2 is 1.63 bits per heavy atom. The molecule has 3 heterocycles. The van der Waals surface area contributed by atoms with Crippen LogP contribution >= 0.6 is 11.8 Å². The van der Waals surface area contributed by atoms with Crippen LogP contribution in [0, 0.1) is 0 Å². The lowest BCUT2D eigenvalue weighted by atomic mass is 10.2. The van der Waals surface area contributed by atoms with Gasteiger partial charge in [-0.2, -0.15) is 4.98 Å². The molecule has 8 heteroatoms. The Balaban J connectivity index is 1.28. The van der Waals surface area contributed by atoms with Crippen molar-refractivity contribution >= 4 is 11.8 Å². The lowest BCUT2D eigenvalue weighted by molar-refractivity contribution is 0.174. The van der Waals surface area contributed by atoms with Gasteiger partial charge in [-0.15, -0.1) is 11.8 Å². The van der Waals surface area contributed by atoms with Crippen LogP contribution in [0.5, 0.6) is 23.0 Å². The Bertz CT molecular complexity index is 974. The van der Waals surface area contributed by atoms with Crippen molar-refractivity contribution in [1.29, 1.82) is 0 Å². The lowest BCUT2D eigenvalue weighted by Gasteiger charge is -2.08. The largest absolute Gasteiger partial charge is 0.490 e. The van der Waals surface area contributed by atoms with E-state index in [0.717, 1.165) is 34.1 Å². The summed E-state index contributed by atoms with van der Waals surface area (Å²) < 4.78 is 27.5. The van der Waals surface area contributed by atoms with Crippen molar-refractivity contribution in [3.8, 4) is 34.4 Å². The first kappa shape index (κ1) is 16.3. The van der Waals surface area contributed by atoms with Crippen LogP contribution in [0.25, 0.3) is 11.4 Å². The van der Waals surface area contributed by atoms with E-state index in [4.69, 9.17) is 23.5 Å². The maximum absolute atomic E-state index is 5.73. The molecule has 0 unspecified atom stereocenters. The van der Waals surface area contributed by atoms with E-state index < -0.39 is 0 Å². The van der Waals surface area contributed by atoms with Gasteiger partial charge in [0.25, 0.3) is 0 Å². The molecule has 3 aromatic rings. The molecule has 0 fully saturated rings. The van der Waals surface area contributed by atoms with Crippen molar-refractivity contribution in [2.75, 3.05) is 20.0 Å². The van der Waals surface area contributed by atoms with Crippen LogP contribution in [0.4, 0.5) is 0 Å². The number of nitrogens with zero attached hydrogens (tertiary/aromatic N) is 2. The fraction of sp³-hybridized carbons (Fsp3) is 0.263. The van der Waals surface area contributed by atoms with Gasteiger partial charge >= 0.3 is 0 Å². The van der Waals surface area contributed by atoms with E-state index in [1.807, 2.05) is 36.4 Å². The predicted octanol–water partition coefficient (Wildman–Crippen LogP) is 3.92. The van der Waals surface area contributed by atoms with Crippen LogP contribution < -0.4 is 18.9 Å². The molecule has 0 saturated carbocycles. The average Bonchev–Trinajstić information content (AvgIpc) is 3.30. The van der Waals surface area contributed by atoms with Crippen molar-refractivity contribution in [3.05, 3.63) is 42.3 Å². The molecule has 0 spiro atoms. The minimum absolute atomic E-state index is 0.239. The first-order valence-electron chi connectivity index (χ1n) is 8.60. The van der Waals surface area contributed by atoms with E-state index in [-0.39, 0.29) is 6.79 Å². The summed E-state index contributed by atoms with van der Waals surface area (Å²) in [6.45, 7) is 1.59. The van der Waals surface area contributed by atoms with Crippen LogP contribution in [-0.4, -0.2) is 30.1 Å². The molecular formula is C19H16N2O5S. The van der Waals surface area contributed by atoms with Gasteiger partial charge in [0.2, 0.25) is 18.5 Å². The molecular weight excluding hydrogens is 368 g/mol. The lowest BCUT2D eigenvalue weighted by Crippen LogP contribution is -1.97. The molecule has 0 amide bonds. The zero-order chi connectivity index (χ0) is 18.1. The zero-order valence-corrected chi connectivity index (χ0v) is 15.2. The molecule has 0 bridgehead atoms. The second-order valence-electron chi connectivity index (χ2n) is 6.03. The number of thioether (sulfide) groups is 1. The maximum Gasteiger partial charge on any atom is 0.237 e. The van der Waals surface area contributed by atoms with E-state index in [9.17, 15) is 0 Å². The summed E-state index contributed by atoms with van der Waals surface area (Å²) in [6, 6.07) is 11.5. The van der Waals surface area contributed by atoms with Gasteiger partial charge in [0.1, 0.15) is 0 Å². The van der Waals surface area contributed by atoms with Gasteiger partial charge < -0.3 is 23.5 Å². The first-order chi connectivity index (χ1) is 13.3. The van der Waals surface area contributed by atoms with E-state index in [1.54, 1.807) is 11.8 Å². The van der Waals surface area contributed by atoms with E-state index >= 15 is 0 Å². The SMILES string of the molecule is c1cc2c(cc1SCc1nc(-c3ccc4c(c3)OCO4)no1)OCCCO2. The Morgan fingerprint density at radius 3 is 2.59 bits per heavy atom. The van der Waals surface area contributed by atoms with Crippen LogP contribution in [0.15, 0.2) is 45.8 Å². The Hall–Kier alpha value is -2.87. The van der Waals surface area contributed by atoms with Gasteiger partial charge in [0.05, 0.1) is 19.0 Å². The van der Waals surface area contributed by atoms with E-state index in [0.29, 0.717) is 36.4 Å². The average molecular weight is 384 g/mol. The van der Waals surface area contributed by atoms with Crippen LogP contribution in [0.1, 0.15) is 12.3 Å². The van der Waals surface area contributed by atoms with Gasteiger partial charge in [0, 0.05) is 16.9 Å². The quantitative estimate of drug-likeness (QED) is 0.627. The molecule has 5 rings (SSSR count). The van der Waals surface area contributed by atoms with Gasteiger partial charge in [-0.25, -0.2) is 0 Å². The highest BCUT2D eigenvalue weighted by Crippen LogP contribution is 2.36. The van der Waals surface area contributed by atoms with E-state index in [1.165, 1.54) is 0 Å². The summed E-state index contributed by atoms with van der Waals surface area (Å²) in [5, 5.41) is 4.07. The number of hydrogen-bond donors (Lipinski definition) is 0. The molecule has 2 aliphatic heterocycles. The monoisotopic (exact) mass is 384 g/mol. The van der Waals surface area contributed by atoms with Crippen molar-refractivity contribution < 1.29 is 23.5 Å². The molecule has 7 nitrogen and oxygen atoms in total. The highest BCUT2D eigenvalue weighted by molar-refractivity contribution is 7.98. The van der Waals surface area contributed by atoms with Crippen LogP contribution in [-0.2, 0) is 5.75 Å². The van der Waals surface area contributed by atoms with Crippen molar-refractivity contribution in [2.45, 2.75) is 17.1 Å². The molecule has 0 atom stereocenters. The number of rotatable bonds is 4. The zero-order valence-electron chi connectivity index (χ0n) is 14.3. The highest BCUT2D eigenvalue weighted by Gasteiger charge is 2.17. The number of benzene rings is 2. The fourth-order valence-electron chi connectivity index (χ4n) is 2.84. The number of hydrogen-bond acceptors (Lipinski definition) is 8. The third-order valence-corrected chi connectivity index (χ3v) is 5.16. The molecule has 1 aromatic heterocycles. The predicted molar refractivity (Wildman–Crippen MR) is 97.5 cm³/mol. The fourth-order valence-corrected chi connectivity index (χ4v) is 3.61. The molecule has 27 heavy (non-hydrogen) atoms. The van der Waals surface area contributed by atoms with Gasteiger partial charge in [0.15, 0.2) is 23.0 Å². The summed E-state index contributed by atoms with van der Waals surface area (Å²) in [5.74, 6) is 4.65. The van der Waals surface area contributed by atoms with Gasteiger partial charge in [-0.3, -0.25) is 0 Å². The smallest absolute Gasteiger partial charge is 0.237 e. The Kier molecular flexibility index (Phi) is 4.25. The molecule has 0 radical (unpaired) electrons. The summed E-state index contributed by atoms with van der Waals surface area (Å²) in [6.07, 6.45) is 0.891. The van der Waals surface area contributed by atoms with Crippen LogP contribution in [0.3, 0.4) is 0 Å². The molecule has 0 aliphatic carbocycles. The summed E-state index contributed by atoms with van der Waals surface area (Å²) in [4.78, 5) is 5.53. The Morgan fingerprint density at radius 1 is 0.852 bits per heavy atom. The third kappa shape index (κ3) is 3.40. The summed E-state index contributed by atoms with van der Waals surface area (Å²) in [7, 11) is 0. The number of ether oxygens (including phenoxy) is 4. The molecule has 0 N–H and O–H groups in total. The van der Waals surface area contributed by atoms with Gasteiger partial charge in [-0.1, -0.05) is 5.16 Å². The van der Waals surface area contributed by atoms with Crippen LogP contribution in [0.2, 0.25) is 0 Å². The molecule has 0 saturated heterocycles. The third-order valence-electron chi connectivity index (χ3n) is 4.18. The summed E-state index contributed by atoms with van der Waals surface area (Å²) >= 11 is 1.61. The van der Waals surface area contributed by atoms with Crippen molar-refractivity contribution in [1.82, 2.24) is 10.1 Å². The van der Waals surface area contributed by atoms with E-state index in [2.05, 4.69) is 10.1 Å². The number of fused-ring (bicyclic) bond motifs is 2. The van der Waals surface area contributed by atoms with Crippen molar-refractivity contribution in [3.63, 3.8) is 0 Å². The maximum atomic E-state index is 5.73. The molecule has 2 aliphatic rings. The second kappa shape index (κ2) is 7.03. The minimum Gasteiger partial charge on any atom is -0.490 e. The highest BCUT2D eigenvalue weighted by atomic mass is 32.2. The minimum atomic E-state index is 0.239. The van der Waals surface area contributed by atoms with Gasteiger partial charge in [-0.05, 0) is 36.4 Å². The molecule has 2 aromatic carbocycles. The Labute approximate surface area is 159 Å². The topological polar surface area (TPSA) is 75.8 Å².